The van der Waals surface area contributed by atoms with Gasteiger partial charge in [0.2, 0.25) is 0 Å². The second kappa shape index (κ2) is 7.05. The molecule has 1 N–H and O–H groups in total. The van der Waals surface area contributed by atoms with E-state index in [0.29, 0.717) is 17.2 Å². The Morgan fingerprint density at radius 1 is 1.14 bits per heavy atom. The average Bonchev–Trinajstić information content (AvgIpc) is 3.10. The third-order valence-corrected chi connectivity index (χ3v) is 5.66. The van der Waals surface area contributed by atoms with Crippen LogP contribution in [-0.4, -0.2) is 20.6 Å². The Balaban J connectivity index is 2.03. The lowest BCUT2D eigenvalue weighted by Gasteiger charge is -2.14. The summed E-state index contributed by atoms with van der Waals surface area (Å²) < 4.78 is 1.58. The molecule has 5 nitrogen and oxygen atoms in total. The topological polar surface area (TPSA) is 72.2 Å². The van der Waals surface area contributed by atoms with Crippen LogP contribution in [0.5, 0.6) is 0 Å². The van der Waals surface area contributed by atoms with Gasteiger partial charge in [0.15, 0.2) is 0 Å². The van der Waals surface area contributed by atoms with Crippen LogP contribution in [0.3, 0.4) is 0 Å². The number of aromatic nitrogens is 2. The van der Waals surface area contributed by atoms with Crippen LogP contribution in [-0.2, 0) is 6.54 Å². The highest BCUT2D eigenvalue weighted by Crippen LogP contribution is 2.26. The molecule has 0 aliphatic heterocycles. The van der Waals surface area contributed by atoms with Gasteiger partial charge in [-0.3, -0.25) is 9.36 Å². The third-order valence-electron chi connectivity index (χ3n) is 4.79. The first-order valence-electron chi connectivity index (χ1n) is 8.82. The molecule has 0 amide bonds. The van der Waals surface area contributed by atoms with Crippen molar-refractivity contribution < 1.29 is 9.90 Å². The highest BCUT2D eigenvalue weighted by molar-refractivity contribution is 7.17. The number of fused-ring (bicyclic) bond motifs is 1. The van der Waals surface area contributed by atoms with Crippen molar-refractivity contribution in [2.75, 3.05) is 0 Å². The number of aromatic carboxylic acids is 1. The zero-order valence-corrected chi connectivity index (χ0v) is 16.3. The molecule has 0 bridgehead atoms. The van der Waals surface area contributed by atoms with Gasteiger partial charge in [-0.05, 0) is 31.0 Å². The summed E-state index contributed by atoms with van der Waals surface area (Å²) in [5.74, 6) is -0.570. The molecule has 4 rings (SSSR count). The van der Waals surface area contributed by atoms with Crippen molar-refractivity contribution in [1.29, 1.82) is 0 Å². The Hall–Kier alpha value is -3.25. The SMILES string of the molecule is Cc1cccc(-c2nc3scc(C(=O)O)c3c(=O)n2Cc2ccccc2C)c1. The molecule has 4 aromatic rings. The fourth-order valence-electron chi connectivity index (χ4n) is 3.29. The fraction of sp³-hybridized carbons (Fsp3) is 0.136. The van der Waals surface area contributed by atoms with Gasteiger partial charge in [0, 0.05) is 10.9 Å². The Kier molecular flexibility index (Phi) is 4.57. The predicted molar refractivity (Wildman–Crippen MR) is 111 cm³/mol. The molecule has 0 aliphatic carbocycles. The van der Waals surface area contributed by atoms with E-state index in [1.165, 1.54) is 16.7 Å². The number of rotatable bonds is 4. The lowest BCUT2D eigenvalue weighted by Crippen LogP contribution is -2.25. The van der Waals surface area contributed by atoms with Gasteiger partial charge in [-0.2, -0.15) is 0 Å². The average molecular weight is 390 g/mol. The molecule has 0 saturated carbocycles. The molecule has 0 atom stereocenters. The number of aryl methyl sites for hydroxylation is 2. The molecule has 0 aliphatic rings. The molecular formula is C22H18N2O3S. The van der Waals surface area contributed by atoms with Crippen LogP contribution in [0.1, 0.15) is 27.0 Å². The lowest BCUT2D eigenvalue weighted by molar-refractivity contribution is 0.0699. The molecule has 0 saturated heterocycles. The third kappa shape index (κ3) is 3.12. The molecule has 2 heterocycles. The van der Waals surface area contributed by atoms with E-state index in [1.807, 2.05) is 62.4 Å². The van der Waals surface area contributed by atoms with Crippen LogP contribution in [0.2, 0.25) is 0 Å². The van der Waals surface area contributed by atoms with Gasteiger partial charge in [0.05, 0.1) is 17.5 Å². The highest BCUT2D eigenvalue weighted by atomic mass is 32.1. The number of carbonyl (C=O) groups is 1. The van der Waals surface area contributed by atoms with E-state index in [0.717, 1.165) is 22.3 Å². The van der Waals surface area contributed by atoms with Gasteiger partial charge in [-0.25, -0.2) is 9.78 Å². The van der Waals surface area contributed by atoms with Gasteiger partial charge in [-0.15, -0.1) is 11.3 Å². The lowest BCUT2D eigenvalue weighted by atomic mass is 10.1. The van der Waals surface area contributed by atoms with Crippen LogP contribution in [0.4, 0.5) is 0 Å². The first-order chi connectivity index (χ1) is 13.5. The van der Waals surface area contributed by atoms with Crippen LogP contribution in [0, 0.1) is 13.8 Å². The van der Waals surface area contributed by atoms with Crippen molar-refractivity contribution in [2.24, 2.45) is 0 Å². The summed E-state index contributed by atoms with van der Waals surface area (Å²) in [6.45, 7) is 4.30. The van der Waals surface area contributed by atoms with E-state index in [-0.39, 0.29) is 16.5 Å². The van der Waals surface area contributed by atoms with E-state index in [1.54, 1.807) is 4.57 Å². The van der Waals surface area contributed by atoms with Crippen molar-refractivity contribution in [3.05, 3.63) is 86.5 Å². The van der Waals surface area contributed by atoms with Crippen LogP contribution in [0.25, 0.3) is 21.6 Å². The summed E-state index contributed by atoms with van der Waals surface area (Å²) >= 11 is 1.18. The zero-order valence-electron chi connectivity index (χ0n) is 15.5. The standard InChI is InChI=1S/C22H18N2O3S/c1-13-6-5-9-15(10-13)19-23-20-18(17(12-28-20)22(26)27)21(25)24(19)11-16-8-4-3-7-14(16)2/h3-10,12H,11H2,1-2H3,(H,26,27). The molecule has 0 unspecified atom stereocenters. The molecule has 2 aromatic carbocycles. The Morgan fingerprint density at radius 2 is 1.93 bits per heavy atom. The number of nitrogens with zero attached hydrogens (tertiary/aromatic N) is 2. The van der Waals surface area contributed by atoms with Crippen LogP contribution >= 0.6 is 11.3 Å². The number of thiophene rings is 1. The van der Waals surface area contributed by atoms with Crippen LogP contribution in [0.15, 0.2) is 58.7 Å². The minimum Gasteiger partial charge on any atom is -0.478 e. The zero-order chi connectivity index (χ0) is 19.8. The molecule has 28 heavy (non-hydrogen) atoms. The van der Waals surface area contributed by atoms with Gasteiger partial charge in [-0.1, -0.05) is 48.0 Å². The summed E-state index contributed by atoms with van der Waals surface area (Å²) in [6.07, 6.45) is 0. The van der Waals surface area contributed by atoms with E-state index < -0.39 is 5.97 Å². The summed E-state index contributed by atoms with van der Waals surface area (Å²) in [5, 5.41) is 11.1. The van der Waals surface area contributed by atoms with Gasteiger partial charge in [0.25, 0.3) is 5.56 Å². The maximum absolute atomic E-state index is 13.4. The minimum atomic E-state index is -1.11. The van der Waals surface area contributed by atoms with Gasteiger partial charge < -0.3 is 5.11 Å². The quantitative estimate of drug-likeness (QED) is 0.557. The molecular weight excluding hydrogens is 372 g/mol. The predicted octanol–water partition coefficient (Wildman–Crippen LogP) is 4.49. The van der Waals surface area contributed by atoms with E-state index >= 15 is 0 Å². The monoisotopic (exact) mass is 390 g/mol. The van der Waals surface area contributed by atoms with Crippen molar-refractivity contribution in [3.63, 3.8) is 0 Å². The fourth-order valence-corrected chi connectivity index (χ4v) is 4.19. The second-order valence-electron chi connectivity index (χ2n) is 6.76. The van der Waals surface area contributed by atoms with Crippen molar-refractivity contribution >= 4 is 27.5 Å². The smallest absolute Gasteiger partial charge is 0.337 e. The second-order valence-corrected chi connectivity index (χ2v) is 7.62. The molecule has 2 aromatic heterocycles. The van der Waals surface area contributed by atoms with E-state index in [9.17, 15) is 14.7 Å². The molecule has 0 spiro atoms. The summed E-state index contributed by atoms with van der Waals surface area (Å²) in [6, 6.07) is 15.7. The van der Waals surface area contributed by atoms with Crippen LogP contribution < -0.4 is 5.56 Å². The maximum atomic E-state index is 13.4. The van der Waals surface area contributed by atoms with Crippen molar-refractivity contribution in [1.82, 2.24) is 9.55 Å². The number of hydrogen-bond acceptors (Lipinski definition) is 4. The molecule has 6 heteroatoms. The largest absolute Gasteiger partial charge is 0.478 e. The van der Waals surface area contributed by atoms with Crippen molar-refractivity contribution in [3.8, 4) is 11.4 Å². The number of benzene rings is 2. The van der Waals surface area contributed by atoms with E-state index in [2.05, 4.69) is 0 Å². The summed E-state index contributed by atoms with van der Waals surface area (Å²) in [5.41, 5.74) is 3.63. The summed E-state index contributed by atoms with van der Waals surface area (Å²) in [7, 11) is 0. The van der Waals surface area contributed by atoms with E-state index in [4.69, 9.17) is 4.98 Å². The van der Waals surface area contributed by atoms with Gasteiger partial charge in [0.1, 0.15) is 10.7 Å². The Bertz CT molecular complexity index is 1270. The number of carboxylic acids is 1. The number of hydrogen-bond donors (Lipinski definition) is 1. The maximum Gasteiger partial charge on any atom is 0.337 e. The van der Waals surface area contributed by atoms with Gasteiger partial charge >= 0.3 is 5.97 Å². The number of carboxylic acid groups (broad SMARTS) is 1. The summed E-state index contributed by atoms with van der Waals surface area (Å²) in [4.78, 5) is 30.1. The molecule has 0 radical (unpaired) electrons. The molecule has 140 valence electrons. The highest BCUT2D eigenvalue weighted by Gasteiger charge is 2.20. The first kappa shape index (κ1) is 18.1. The Labute approximate surface area is 165 Å². The minimum absolute atomic E-state index is 0.00632. The van der Waals surface area contributed by atoms with Crippen molar-refractivity contribution in [2.45, 2.75) is 20.4 Å². The molecule has 0 fully saturated rings. The normalized spacial score (nSPS) is 11.1. The first-order valence-corrected chi connectivity index (χ1v) is 9.70. The Morgan fingerprint density at radius 3 is 2.64 bits per heavy atom.